The minimum absolute atomic E-state index is 0.0191. The van der Waals surface area contributed by atoms with Crippen molar-refractivity contribution in [2.75, 3.05) is 50.7 Å². The highest BCUT2D eigenvalue weighted by Gasteiger charge is 2.22. The van der Waals surface area contributed by atoms with E-state index in [1.165, 1.54) is 5.56 Å². The van der Waals surface area contributed by atoms with Gasteiger partial charge in [0, 0.05) is 58.2 Å². The Morgan fingerprint density at radius 1 is 1.04 bits per heavy atom. The molecule has 0 unspecified atom stereocenters. The number of hydrogen-bond acceptors (Lipinski definition) is 5. The molecule has 1 saturated heterocycles. The summed E-state index contributed by atoms with van der Waals surface area (Å²) in [7, 11) is 0. The first-order chi connectivity index (χ1) is 13.7. The number of carbonyl (C=O) groups is 1. The lowest BCUT2D eigenvalue weighted by Gasteiger charge is -2.34. The maximum Gasteiger partial charge on any atom is 0.257 e. The minimum Gasteiger partial charge on any atom is -0.341 e. The normalized spacial score (nSPS) is 15.1. The van der Waals surface area contributed by atoms with Gasteiger partial charge < -0.3 is 9.80 Å². The average Bonchev–Trinajstić information content (AvgIpc) is 2.76. The molecular formula is C22H29N5O. The third-order valence-electron chi connectivity index (χ3n) is 5.06. The summed E-state index contributed by atoms with van der Waals surface area (Å²) >= 11 is 0. The van der Waals surface area contributed by atoms with Crippen molar-refractivity contribution in [1.29, 1.82) is 0 Å². The van der Waals surface area contributed by atoms with Gasteiger partial charge in [-0.05, 0) is 19.4 Å². The fourth-order valence-electron chi connectivity index (χ4n) is 3.32. The highest BCUT2D eigenvalue weighted by atomic mass is 16.2. The van der Waals surface area contributed by atoms with Crippen LogP contribution in [0.2, 0.25) is 0 Å². The van der Waals surface area contributed by atoms with E-state index in [0.29, 0.717) is 11.5 Å². The summed E-state index contributed by atoms with van der Waals surface area (Å²) in [6.07, 6.45) is 7.63. The number of benzene rings is 1. The molecule has 1 aromatic carbocycles. The molecule has 0 radical (unpaired) electrons. The Bertz CT molecular complexity index is 763. The molecule has 1 fully saturated rings. The molecule has 1 aliphatic rings. The summed E-state index contributed by atoms with van der Waals surface area (Å²) in [5.41, 5.74) is 1.78. The predicted octanol–water partition coefficient (Wildman–Crippen LogP) is 2.79. The summed E-state index contributed by atoms with van der Waals surface area (Å²) in [5.74, 6) is 0.696. The second-order valence-corrected chi connectivity index (χ2v) is 6.85. The predicted molar refractivity (Wildman–Crippen MR) is 113 cm³/mol. The van der Waals surface area contributed by atoms with Crippen LogP contribution in [-0.2, 0) is 0 Å². The number of piperazine rings is 1. The number of hydrogen-bond donors (Lipinski definition) is 0. The summed E-state index contributed by atoms with van der Waals surface area (Å²) in [6.45, 7) is 9.96. The number of anilines is 1. The van der Waals surface area contributed by atoms with Crippen molar-refractivity contribution < 1.29 is 4.79 Å². The van der Waals surface area contributed by atoms with E-state index in [1.54, 1.807) is 12.4 Å². The van der Waals surface area contributed by atoms with Crippen LogP contribution in [0.15, 0.2) is 48.8 Å². The van der Waals surface area contributed by atoms with Crippen LogP contribution in [0.3, 0.4) is 0 Å². The fourth-order valence-corrected chi connectivity index (χ4v) is 3.32. The molecule has 2 aromatic rings. The van der Waals surface area contributed by atoms with E-state index in [0.717, 1.165) is 45.8 Å². The molecule has 3 rings (SSSR count). The highest BCUT2D eigenvalue weighted by Crippen LogP contribution is 2.11. The van der Waals surface area contributed by atoms with Crippen molar-refractivity contribution in [1.82, 2.24) is 19.8 Å². The molecule has 0 bridgehead atoms. The van der Waals surface area contributed by atoms with Crippen LogP contribution in [0.5, 0.6) is 0 Å². The largest absolute Gasteiger partial charge is 0.341 e. The average molecular weight is 380 g/mol. The monoisotopic (exact) mass is 379 g/mol. The van der Waals surface area contributed by atoms with Crippen molar-refractivity contribution in [2.45, 2.75) is 13.8 Å². The van der Waals surface area contributed by atoms with E-state index in [4.69, 9.17) is 0 Å². The maximum absolute atomic E-state index is 12.7. The minimum atomic E-state index is 0.0191. The lowest BCUT2D eigenvalue weighted by atomic mass is 10.2. The van der Waals surface area contributed by atoms with Crippen LogP contribution in [-0.4, -0.2) is 71.5 Å². The standard InChI is InChI=1S/C22H29N5O/c1-3-26(4-2)22-23-17-20(18-24-22)21(28)27-15-13-25(14-16-27)12-8-11-19-9-6-5-7-10-19/h5-11,17-18H,3-4,12-16H2,1-2H3/b11-8+. The van der Waals surface area contributed by atoms with E-state index < -0.39 is 0 Å². The van der Waals surface area contributed by atoms with Gasteiger partial charge in [-0.25, -0.2) is 9.97 Å². The van der Waals surface area contributed by atoms with Crippen LogP contribution in [0, 0.1) is 0 Å². The van der Waals surface area contributed by atoms with Crippen molar-refractivity contribution in [2.24, 2.45) is 0 Å². The zero-order valence-corrected chi connectivity index (χ0v) is 16.8. The fraction of sp³-hybridized carbons (Fsp3) is 0.409. The summed E-state index contributed by atoms with van der Waals surface area (Å²) in [6, 6.07) is 10.3. The van der Waals surface area contributed by atoms with E-state index in [2.05, 4.69) is 57.9 Å². The van der Waals surface area contributed by atoms with E-state index in [1.807, 2.05) is 23.1 Å². The molecule has 1 aliphatic heterocycles. The highest BCUT2D eigenvalue weighted by molar-refractivity contribution is 5.93. The lowest BCUT2D eigenvalue weighted by molar-refractivity contribution is 0.0649. The molecule has 6 nitrogen and oxygen atoms in total. The Morgan fingerprint density at radius 2 is 1.68 bits per heavy atom. The zero-order chi connectivity index (χ0) is 19.8. The van der Waals surface area contributed by atoms with Crippen LogP contribution < -0.4 is 4.90 Å². The van der Waals surface area contributed by atoms with Crippen LogP contribution in [0.1, 0.15) is 29.8 Å². The van der Waals surface area contributed by atoms with Crippen LogP contribution in [0.25, 0.3) is 6.08 Å². The third-order valence-corrected chi connectivity index (χ3v) is 5.06. The summed E-state index contributed by atoms with van der Waals surface area (Å²) < 4.78 is 0. The van der Waals surface area contributed by atoms with Gasteiger partial charge >= 0.3 is 0 Å². The molecule has 28 heavy (non-hydrogen) atoms. The quantitative estimate of drug-likeness (QED) is 0.740. The van der Waals surface area contributed by atoms with E-state index >= 15 is 0 Å². The number of carbonyl (C=O) groups excluding carboxylic acids is 1. The first-order valence-electron chi connectivity index (χ1n) is 10.0. The Morgan fingerprint density at radius 3 is 2.29 bits per heavy atom. The summed E-state index contributed by atoms with van der Waals surface area (Å²) in [4.78, 5) is 27.8. The second-order valence-electron chi connectivity index (χ2n) is 6.85. The number of aromatic nitrogens is 2. The first kappa shape index (κ1) is 20.0. The molecule has 1 aromatic heterocycles. The molecule has 148 valence electrons. The van der Waals surface area contributed by atoms with Crippen molar-refractivity contribution in [3.63, 3.8) is 0 Å². The van der Waals surface area contributed by atoms with Crippen molar-refractivity contribution >= 4 is 17.9 Å². The van der Waals surface area contributed by atoms with Gasteiger partial charge in [-0.1, -0.05) is 42.5 Å². The van der Waals surface area contributed by atoms with E-state index in [9.17, 15) is 4.79 Å². The van der Waals surface area contributed by atoms with Gasteiger partial charge in [0.05, 0.1) is 5.56 Å². The topological polar surface area (TPSA) is 52.6 Å². The maximum atomic E-state index is 12.7. The molecule has 0 spiro atoms. The van der Waals surface area contributed by atoms with Gasteiger partial charge in [0.2, 0.25) is 5.95 Å². The van der Waals surface area contributed by atoms with Crippen molar-refractivity contribution in [3.05, 3.63) is 59.9 Å². The van der Waals surface area contributed by atoms with Crippen molar-refractivity contribution in [3.8, 4) is 0 Å². The molecule has 6 heteroatoms. The van der Waals surface area contributed by atoms with Gasteiger partial charge in [-0.2, -0.15) is 0 Å². The van der Waals surface area contributed by atoms with Gasteiger partial charge in [0.15, 0.2) is 0 Å². The van der Waals surface area contributed by atoms with Gasteiger partial charge in [-0.15, -0.1) is 0 Å². The number of rotatable bonds is 7. The molecule has 0 aliphatic carbocycles. The van der Waals surface area contributed by atoms with Gasteiger partial charge in [0.25, 0.3) is 5.91 Å². The number of nitrogens with zero attached hydrogens (tertiary/aromatic N) is 5. The van der Waals surface area contributed by atoms with E-state index in [-0.39, 0.29) is 5.91 Å². The Hall–Kier alpha value is -2.73. The second kappa shape index (κ2) is 9.99. The Balaban J connectivity index is 1.49. The number of amides is 1. The molecule has 1 amide bonds. The smallest absolute Gasteiger partial charge is 0.257 e. The Labute approximate surface area is 167 Å². The molecule has 0 saturated carbocycles. The molecule has 0 N–H and O–H groups in total. The summed E-state index contributed by atoms with van der Waals surface area (Å²) in [5, 5.41) is 0. The zero-order valence-electron chi connectivity index (χ0n) is 16.8. The molecule has 0 atom stereocenters. The van der Waals surface area contributed by atoms with Gasteiger partial charge in [0.1, 0.15) is 0 Å². The van der Waals surface area contributed by atoms with Crippen LogP contribution in [0.4, 0.5) is 5.95 Å². The SMILES string of the molecule is CCN(CC)c1ncc(C(=O)N2CCN(C/C=C/c3ccccc3)CC2)cn1. The third kappa shape index (κ3) is 5.16. The molecule has 2 heterocycles. The van der Waals surface area contributed by atoms with Crippen LogP contribution >= 0.6 is 0 Å². The molecular weight excluding hydrogens is 350 g/mol. The first-order valence-corrected chi connectivity index (χ1v) is 10.0. The lowest BCUT2D eigenvalue weighted by Crippen LogP contribution is -2.48. The Kier molecular flexibility index (Phi) is 7.14. The van der Waals surface area contributed by atoms with Gasteiger partial charge in [-0.3, -0.25) is 9.69 Å².